The van der Waals surface area contributed by atoms with Gasteiger partial charge in [0.1, 0.15) is 0 Å². The summed E-state index contributed by atoms with van der Waals surface area (Å²) < 4.78 is 27.7. The van der Waals surface area contributed by atoms with Crippen LogP contribution in [0.4, 0.5) is 0 Å². The van der Waals surface area contributed by atoms with Gasteiger partial charge in [-0.2, -0.15) is 0 Å². The molecule has 0 spiro atoms. The Balaban J connectivity index is 2.99. The van der Waals surface area contributed by atoms with Gasteiger partial charge in [0.25, 0.3) is 15.0 Å². The molecule has 0 saturated carbocycles. The summed E-state index contributed by atoms with van der Waals surface area (Å²) in [6, 6.07) is 3.69. The summed E-state index contributed by atoms with van der Waals surface area (Å²) in [5, 5.41) is 2.76. The molecule has 8 heteroatoms. The maximum atomic E-state index is 12.0. The minimum atomic E-state index is -3.91. The van der Waals surface area contributed by atoms with Gasteiger partial charge < -0.3 is 10.1 Å². The van der Waals surface area contributed by atoms with Gasteiger partial charge in [0.05, 0.1) is 21.1 Å². The van der Waals surface area contributed by atoms with Gasteiger partial charge in [-0.3, -0.25) is 4.79 Å². The first kappa shape index (κ1) is 17.2. The van der Waals surface area contributed by atoms with E-state index in [1.807, 2.05) is 0 Å². The predicted octanol–water partition coefficient (Wildman–Crippen LogP) is 2.42. The van der Waals surface area contributed by atoms with Crippen LogP contribution in [0.15, 0.2) is 23.1 Å². The largest absolute Gasteiger partial charge is 0.377 e. The summed E-state index contributed by atoms with van der Waals surface area (Å²) in [7, 11) is 2.85. The fourth-order valence-corrected chi connectivity index (χ4v) is 2.27. The molecule has 1 rings (SSSR count). The van der Waals surface area contributed by atoms with Gasteiger partial charge in [0.15, 0.2) is 0 Å². The molecule has 1 aromatic rings. The van der Waals surface area contributed by atoms with E-state index in [-0.39, 0.29) is 22.0 Å². The highest BCUT2D eigenvalue weighted by atomic mass is 35.7. The molecule has 1 N–H and O–H groups in total. The average molecular weight is 340 g/mol. The number of carbonyl (C=O) groups is 1. The van der Waals surface area contributed by atoms with Gasteiger partial charge in [0, 0.05) is 24.3 Å². The molecular formula is C12H15Cl2NO4S. The van der Waals surface area contributed by atoms with Crippen LogP contribution in [0.3, 0.4) is 0 Å². The van der Waals surface area contributed by atoms with Gasteiger partial charge in [-0.1, -0.05) is 11.6 Å². The van der Waals surface area contributed by atoms with Crippen molar-refractivity contribution in [2.24, 2.45) is 0 Å². The second kappa shape index (κ2) is 6.30. The van der Waals surface area contributed by atoms with Crippen LogP contribution in [0.2, 0.25) is 5.02 Å². The van der Waals surface area contributed by atoms with E-state index < -0.39 is 20.6 Å². The Hall–Kier alpha value is -0.820. The molecule has 112 valence electrons. The number of hydrogen-bond acceptors (Lipinski definition) is 4. The average Bonchev–Trinajstić information content (AvgIpc) is 2.35. The third-order valence-corrected chi connectivity index (χ3v) is 4.37. The molecule has 0 atom stereocenters. The number of benzene rings is 1. The lowest BCUT2D eigenvalue weighted by Gasteiger charge is -2.23. The number of methoxy groups -OCH3 is 1. The van der Waals surface area contributed by atoms with Gasteiger partial charge in [-0.05, 0) is 32.0 Å². The lowest BCUT2D eigenvalue weighted by molar-refractivity contribution is 0.0229. The third-order valence-electron chi connectivity index (χ3n) is 2.69. The highest BCUT2D eigenvalue weighted by Gasteiger charge is 2.20. The lowest BCUT2D eigenvalue weighted by atomic mass is 10.1. The zero-order valence-corrected chi connectivity index (χ0v) is 13.6. The van der Waals surface area contributed by atoms with E-state index in [0.717, 1.165) is 6.07 Å². The van der Waals surface area contributed by atoms with Crippen LogP contribution in [-0.4, -0.2) is 33.6 Å². The van der Waals surface area contributed by atoms with E-state index in [9.17, 15) is 13.2 Å². The molecule has 1 amide bonds. The molecule has 5 nitrogen and oxygen atoms in total. The highest BCUT2D eigenvalue weighted by Crippen LogP contribution is 2.23. The number of carbonyl (C=O) groups excluding carboxylic acids is 1. The van der Waals surface area contributed by atoms with Crippen molar-refractivity contribution in [2.75, 3.05) is 13.7 Å². The molecule has 0 aliphatic rings. The fraction of sp³-hybridized carbons (Fsp3) is 0.417. The van der Waals surface area contributed by atoms with Gasteiger partial charge in [-0.25, -0.2) is 8.42 Å². The van der Waals surface area contributed by atoms with Crippen LogP contribution in [0.1, 0.15) is 24.2 Å². The normalized spacial score (nSPS) is 12.2. The van der Waals surface area contributed by atoms with E-state index in [0.29, 0.717) is 0 Å². The Labute approximate surface area is 127 Å². The van der Waals surface area contributed by atoms with Crippen molar-refractivity contribution in [2.45, 2.75) is 24.3 Å². The summed E-state index contributed by atoms with van der Waals surface area (Å²) >= 11 is 5.90. The minimum absolute atomic E-state index is 0.0419. The Morgan fingerprint density at radius 2 is 2.00 bits per heavy atom. The SMILES string of the molecule is COC(C)(C)CNC(=O)c1cc(S(=O)(=O)Cl)ccc1Cl. The summed E-state index contributed by atoms with van der Waals surface area (Å²) in [5.74, 6) is -0.498. The van der Waals surface area contributed by atoms with Crippen molar-refractivity contribution >= 4 is 37.2 Å². The first-order valence-electron chi connectivity index (χ1n) is 5.64. The van der Waals surface area contributed by atoms with Crippen LogP contribution in [-0.2, 0) is 13.8 Å². The van der Waals surface area contributed by atoms with Crippen molar-refractivity contribution in [3.63, 3.8) is 0 Å². The molecule has 0 radical (unpaired) electrons. The first-order valence-corrected chi connectivity index (χ1v) is 8.33. The van der Waals surface area contributed by atoms with Crippen LogP contribution in [0, 0.1) is 0 Å². The first-order chi connectivity index (χ1) is 9.07. The van der Waals surface area contributed by atoms with Crippen LogP contribution in [0.5, 0.6) is 0 Å². The molecule has 1 aromatic carbocycles. The lowest BCUT2D eigenvalue weighted by Crippen LogP contribution is -2.39. The van der Waals surface area contributed by atoms with E-state index in [4.69, 9.17) is 27.0 Å². The molecule has 0 fully saturated rings. The van der Waals surface area contributed by atoms with E-state index >= 15 is 0 Å². The van der Waals surface area contributed by atoms with Crippen molar-refractivity contribution in [3.05, 3.63) is 28.8 Å². The van der Waals surface area contributed by atoms with E-state index in [1.54, 1.807) is 13.8 Å². The Morgan fingerprint density at radius 1 is 1.40 bits per heavy atom. The molecule has 0 saturated heterocycles. The smallest absolute Gasteiger partial charge is 0.261 e. The number of rotatable bonds is 5. The molecule has 0 heterocycles. The fourth-order valence-electron chi connectivity index (χ4n) is 1.29. The van der Waals surface area contributed by atoms with Crippen molar-refractivity contribution < 1.29 is 17.9 Å². The number of nitrogens with one attached hydrogen (secondary N) is 1. The Kier molecular flexibility index (Phi) is 5.43. The summed E-state index contributed by atoms with van der Waals surface area (Å²) in [5.41, 5.74) is -0.501. The summed E-state index contributed by atoms with van der Waals surface area (Å²) in [6.07, 6.45) is 0. The quantitative estimate of drug-likeness (QED) is 0.836. The van der Waals surface area contributed by atoms with Crippen molar-refractivity contribution in [1.82, 2.24) is 5.32 Å². The van der Waals surface area contributed by atoms with Gasteiger partial charge >= 0.3 is 0 Å². The summed E-state index contributed by atoms with van der Waals surface area (Å²) in [4.78, 5) is 11.8. The molecule has 0 aliphatic heterocycles. The Bertz CT molecular complexity index is 614. The minimum Gasteiger partial charge on any atom is -0.377 e. The molecule has 20 heavy (non-hydrogen) atoms. The highest BCUT2D eigenvalue weighted by molar-refractivity contribution is 8.13. The molecular weight excluding hydrogens is 325 g/mol. The number of halogens is 2. The maximum absolute atomic E-state index is 12.0. The molecule has 0 bridgehead atoms. The second-order valence-electron chi connectivity index (χ2n) is 4.73. The number of hydrogen-bond donors (Lipinski definition) is 1. The Morgan fingerprint density at radius 3 is 2.50 bits per heavy atom. The molecule has 0 aliphatic carbocycles. The van der Waals surface area contributed by atoms with Crippen LogP contribution in [0.25, 0.3) is 0 Å². The zero-order valence-electron chi connectivity index (χ0n) is 11.2. The molecule has 0 unspecified atom stereocenters. The van der Waals surface area contributed by atoms with Crippen LogP contribution >= 0.6 is 22.3 Å². The third kappa shape index (κ3) is 4.63. The number of ether oxygens (including phenoxy) is 1. The van der Waals surface area contributed by atoms with Crippen molar-refractivity contribution in [3.8, 4) is 0 Å². The molecule has 0 aromatic heterocycles. The van der Waals surface area contributed by atoms with E-state index in [1.165, 1.54) is 19.2 Å². The second-order valence-corrected chi connectivity index (χ2v) is 7.70. The van der Waals surface area contributed by atoms with Gasteiger partial charge in [-0.15, -0.1) is 0 Å². The van der Waals surface area contributed by atoms with E-state index in [2.05, 4.69) is 5.32 Å². The maximum Gasteiger partial charge on any atom is 0.261 e. The zero-order chi connectivity index (χ0) is 15.6. The van der Waals surface area contributed by atoms with Crippen molar-refractivity contribution in [1.29, 1.82) is 0 Å². The standard InChI is InChI=1S/C12H15Cl2NO4S/c1-12(2,19-3)7-15-11(16)9-6-8(20(14,17)18)4-5-10(9)13/h4-6H,7H2,1-3H3,(H,15,16). The van der Waals surface area contributed by atoms with Crippen LogP contribution < -0.4 is 5.32 Å². The predicted molar refractivity (Wildman–Crippen MR) is 77.9 cm³/mol. The van der Waals surface area contributed by atoms with Gasteiger partial charge in [0.2, 0.25) is 0 Å². The number of amides is 1. The topological polar surface area (TPSA) is 72.5 Å². The monoisotopic (exact) mass is 339 g/mol. The summed E-state index contributed by atoms with van der Waals surface area (Å²) in [6.45, 7) is 3.85.